The molecule has 1 aliphatic carbocycles. The smallest absolute Gasteiger partial charge is 0.300 e. The predicted octanol–water partition coefficient (Wildman–Crippen LogP) is 4.01. The van der Waals surface area contributed by atoms with Crippen molar-refractivity contribution in [3.8, 4) is 0 Å². The number of rotatable bonds is 2. The Bertz CT molecular complexity index is 420. The van der Waals surface area contributed by atoms with Crippen molar-refractivity contribution in [2.75, 3.05) is 0 Å². The summed E-state index contributed by atoms with van der Waals surface area (Å²) in [6.07, 6.45) is -0.454. The SMILES string of the molecule is O=C1CCCC(Cc2ccc(C(F)(F)F)cc2)C1. The molecule has 0 heterocycles. The third kappa shape index (κ3) is 3.34. The summed E-state index contributed by atoms with van der Waals surface area (Å²) in [5.74, 6) is 0.571. The molecule has 0 radical (unpaired) electrons. The molecule has 1 aromatic carbocycles. The van der Waals surface area contributed by atoms with Crippen molar-refractivity contribution < 1.29 is 18.0 Å². The summed E-state index contributed by atoms with van der Waals surface area (Å²) in [6.45, 7) is 0. The molecule has 0 aromatic heterocycles. The molecule has 1 saturated carbocycles. The van der Waals surface area contributed by atoms with E-state index in [2.05, 4.69) is 0 Å². The number of Topliss-reactive ketones (excluding diaryl/α,β-unsaturated/α-hetero) is 1. The number of carbonyl (C=O) groups is 1. The lowest BCUT2D eigenvalue weighted by atomic mass is 9.84. The minimum absolute atomic E-state index is 0.276. The van der Waals surface area contributed by atoms with E-state index in [1.54, 1.807) is 0 Å². The van der Waals surface area contributed by atoms with Crippen molar-refractivity contribution in [1.82, 2.24) is 0 Å². The lowest BCUT2D eigenvalue weighted by molar-refractivity contribution is -0.137. The summed E-state index contributed by atoms with van der Waals surface area (Å²) in [6, 6.07) is 5.25. The van der Waals surface area contributed by atoms with Gasteiger partial charge in [-0.3, -0.25) is 4.79 Å². The molecule has 1 aromatic rings. The lowest BCUT2D eigenvalue weighted by Gasteiger charge is -2.20. The van der Waals surface area contributed by atoms with E-state index in [9.17, 15) is 18.0 Å². The Balaban J connectivity index is 2.00. The van der Waals surface area contributed by atoms with Gasteiger partial charge in [0.15, 0.2) is 0 Å². The van der Waals surface area contributed by atoms with Crippen molar-refractivity contribution in [3.05, 3.63) is 35.4 Å². The molecule has 0 amide bonds. The third-order valence-corrected chi connectivity index (χ3v) is 3.39. The highest BCUT2D eigenvalue weighted by Crippen LogP contribution is 2.30. The first-order valence-corrected chi connectivity index (χ1v) is 6.13. The summed E-state index contributed by atoms with van der Waals surface area (Å²) >= 11 is 0. The number of hydrogen-bond acceptors (Lipinski definition) is 1. The first-order chi connectivity index (χ1) is 8.45. The lowest BCUT2D eigenvalue weighted by Crippen LogP contribution is -2.17. The topological polar surface area (TPSA) is 17.1 Å². The molecular formula is C14H15F3O. The maximum Gasteiger partial charge on any atom is 0.416 e. The van der Waals surface area contributed by atoms with Gasteiger partial charge < -0.3 is 0 Å². The molecule has 0 bridgehead atoms. The quantitative estimate of drug-likeness (QED) is 0.781. The molecule has 1 fully saturated rings. The van der Waals surface area contributed by atoms with Gasteiger partial charge in [0.05, 0.1) is 5.56 Å². The fourth-order valence-corrected chi connectivity index (χ4v) is 2.45. The second-order valence-electron chi connectivity index (χ2n) is 4.90. The Morgan fingerprint density at radius 3 is 2.39 bits per heavy atom. The number of carbonyl (C=O) groups excluding carboxylic acids is 1. The van der Waals surface area contributed by atoms with Gasteiger partial charge >= 0.3 is 6.18 Å². The van der Waals surface area contributed by atoms with Crippen LogP contribution in [0.25, 0.3) is 0 Å². The fourth-order valence-electron chi connectivity index (χ4n) is 2.45. The van der Waals surface area contributed by atoms with Crippen LogP contribution in [0.15, 0.2) is 24.3 Å². The molecule has 1 nitrogen and oxygen atoms in total. The molecule has 18 heavy (non-hydrogen) atoms. The zero-order valence-electron chi connectivity index (χ0n) is 9.96. The van der Waals surface area contributed by atoms with E-state index in [1.807, 2.05) is 0 Å². The molecular weight excluding hydrogens is 241 g/mol. The van der Waals surface area contributed by atoms with Crippen molar-refractivity contribution in [2.24, 2.45) is 5.92 Å². The standard InChI is InChI=1S/C14H15F3O/c15-14(16,17)12-6-4-10(5-7-12)8-11-2-1-3-13(18)9-11/h4-7,11H,1-3,8-9H2. The van der Waals surface area contributed by atoms with Crippen LogP contribution in [0.5, 0.6) is 0 Å². The Morgan fingerprint density at radius 1 is 1.17 bits per heavy atom. The minimum atomic E-state index is -4.28. The average Bonchev–Trinajstić information content (AvgIpc) is 2.28. The molecule has 0 N–H and O–H groups in total. The molecule has 98 valence electrons. The van der Waals surface area contributed by atoms with E-state index < -0.39 is 11.7 Å². The summed E-state index contributed by atoms with van der Waals surface area (Å²) in [5.41, 5.74) is 0.258. The van der Waals surface area contributed by atoms with Gasteiger partial charge in [0.25, 0.3) is 0 Å². The summed E-state index contributed by atoms with van der Waals surface area (Å²) < 4.78 is 37.2. The Hall–Kier alpha value is -1.32. The van der Waals surface area contributed by atoms with Crippen LogP contribution in [-0.4, -0.2) is 5.78 Å². The minimum Gasteiger partial charge on any atom is -0.300 e. The van der Waals surface area contributed by atoms with Gasteiger partial charge in [0.1, 0.15) is 5.78 Å². The number of hydrogen-bond donors (Lipinski definition) is 0. The molecule has 4 heteroatoms. The van der Waals surface area contributed by atoms with Crippen LogP contribution in [-0.2, 0) is 17.4 Å². The maximum absolute atomic E-state index is 12.4. The summed E-state index contributed by atoms with van der Waals surface area (Å²) in [7, 11) is 0. The van der Waals surface area contributed by atoms with Gasteiger partial charge in [0.2, 0.25) is 0 Å². The summed E-state index contributed by atoms with van der Waals surface area (Å²) in [4.78, 5) is 11.3. The van der Waals surface area contributed by atoms with Gasteiger partial charge in [-0.05, 0) is 42.9 Å². The van der Waals surface area contributed by atoms with Crippen LogP contribution in [0.4, 0.5) is 13.2 Å². The molecule has 0 spiro atoms. The second kappa shape index (κ2) is 5.12. The van der Waals surface area contributed by atoms with Crippen molar-refractivity contribution in [2.45, 2.75) is 38.3 Å². The number of halogens is 3. The first-order valence-electron chi connectivity index (χ1n) is 6.13. The molecule has 0 saturated heterocycles. The van der Waals surface area contributed by atoms with Crippen molar-refractivity contribution in [1.29, 1.82) is 0 Å². The maximum atomic E-state index is 12.4. The van der Waals surface area contributed by atoms with Gasteiger partial charge in [-0.25, -0.2) is 0 Å². The van der Waals surface area contributed by atoms with Crippen LogP contribution in [0.2, 0.25) is 0 Å². The number of benzene rings is 1. The largest absolute Gasteiger partial charge is 0.416 e. The van der Waals surface area contributed by atoms with Crippen molar-refractivity contribution in [3.63, 3.8) is 0 Å². The molecule has 2 rings (SSSR count). The summed E-state index contributed by atoms with van der Waals surface area (Å²) in [5, 5.41) is 0. The van der Waals surface area contributed by atoms with E-state index in [-0.39, 0.29) is 5.78 Å². The zero-order valence-corrected chi connectivity index (χ0v) is 9.96. The van der Waals surface area contributed by atoms with Gasteiger partial charge in [0, 0.05) is 12.8 Å². The first kappa shape index (κ1) is 13.1. The molecule has 1 aliphatic rings. The zero-order chi connectivity index (χ0) is 13.2. The molecule has 1 unspecified atom stereocenters. The van der Waals surface area contributed by atoms with E-state index in [4.69, 9.17) is 0 Å². The molecule has 1 atom stereocenters. The number of ketones is 1. The molecule has 0 aliphatic heterocycles. The van der Waals surface area contributed by atoms with Crippen molar-refractivity contribution >= 4 is 5.78 Å². The van der Waals surface area contributed by atoms with Crippen LogP contribution in [0.1, 0.15) is 36.8 Å². The van der Waals surface area contributed by atoms with Gasteiger partial charge in [-0.15, -0.1) is 0 Å². The predicted molar refractivity (Wildman–Crippen MR) is 62.1 cm³/mol. The Morgan fingerprint density at radius 2 is 1.83 bits per heavy atom. The van der Waals surface area contributed by atoms with Crippen LogP contribution >= 0.6 is 0 Å². The Kier molecular flexibility index (Phi) is 3.73. The van der Waals surface area contributed by atoms with E-state index >= 15 is 0 Å². The van der Waals surface area contributed by atoms with E-state index in [1.165, 1.54) is 12.1 Å². The average molecular weight is 256 g/mol. The number of alkyl halides is 3. The van der Waals surface area contributed by atoms with Crippen LogP contribution in [0.3, 0.4) is 0 Å². The van der Waals surface area contributed by atoms with Crippen LogP contribution < -0.4 is 0 Å². The van der Waals surface area contributed by atoms with Crippen LogP contribution in [0, 0.1) is 5.92 Å². The van der Waals surface area contributed by atoms with E-state index in [0.29, 0.717) is 25.2 Å². The monoisotopic (exact) mass is 256 g/mol. The van der Waals surface area contributed by atoms with Gasteiger partial charge in [-0.1, -0.05) is 12.1 Å². The highest BCUT2D eigenvalue weighted by molar-refractivity contribution is 5.79. The highest BCUT2D eigenvalue weighted by Gasteiger charge is 2.30. The highest BCUT2D eigenvalue weighted by atomic mass is 19.4. The normalized spacial score (nSPS) is 21.1. The van der Waals surface area contributed by atoms with E-state index in [0.717, 1.165) is 30.5 Å². The Labute approximate surface area is 104 Å². The second-order valence-corrected chi connectivity index (χ2v) is 4.90. The fraction of sp³-hybridized carbons (Fsp3) is 0.500. The van der Waals surface area contributed by atoms with Gasteiger partial charge in [-0.2, -0.15) is 13.2 Å². The third-order valence-electron chi connectivity index (χ3n) is 3.39.